The van der Waals surface area contributed by atoms with Gasteiger partial charge in [0.15, 0.2) is 0 Å². The van der Waals surface area contributed by atoms with E-state index in [0.717, 1.165) is 5.56 Å². The summed E-state index contributed by atoms with van der Waals surface area (Å²) in [5, 5.41) is 14.7. The van der Waals surface area contributed by atoms with E-state index in [1.54, 1.807) is 24.3 Å². The van der Waals surface area contributed by atoms with Crippen LogP contribution in [0.25, 0.3) is 0 Å². The second-order valence-electron chi connectivity index (χ2n) is 5.60. The lowest BCUT2D eigenvalue weighted by molar-refractivity contribution is -0.136. The van der Waals surface area contributed by atoms with E-state index >= 15 is 0 Å². The Kier molecular flexibility index (Phi) is 7.44. The van der Waals surface area contributed by atoms with Gasteiger partial charge in [0, 0.05) is 13.2 Å². The molecule has 0 aliphatic rings. The Morgan fingerprint density at radius 2 is 1.64 bits per heavy atom. The molecule has 0 spiro atoms. The van der Waals surface area contributed by atoms with Crippen molar-refractivity contribution in [2.24, 2.45) is 0 Å². The van der Waals surface area contributed by atoms with Gasteiger partial charge in [-0.05, 0) is 36.5 Å². The predicted octanol–water partition coefficient (Wildman–Crippen LogP) is 2.95. The number of aliphatic hydroxyl groups excluding tert-OH is 1. The maximum Gasteiger partial charge on any atom is 0.313 e. The summed E-state index contributed by atoms with van der Waals surface area (Å²) in [4.78, 5) is 23.8. The molecule has 2 aromatic carbocycles. The van der Waals surface area contributed by atoms with Gasteiger partial charge in [-0.2, -0.15) is 0 Å². The standard InChI is InChI=1S/C19H21ClN2O3/c20-16-8-4-5-9-17(16)22-19(25)18(24)21-12-10-15(11-13-23)14-6-2-1-3-7-14/h1-9,15,23H,10-13H2,(H,21,24)(H,22,25). The molecule has 2 aromatic rings. The molecule has 2 rings (SSSR count). The van der Waals surface area contributed by atoms with Gasteiger partial charge in [0.25, 0.3) is 0 Å². The first kappa shape index (κ1) is 19.0. The Balaban J connectivity index is 1.84. The third kappa shape index (κ3) is 5.89. The van der Waals surface area contributed by atoms with Crippen LogP contribution in [0.4, 0.5) is 5.69 Å². The summed E-state index contributed by atoms with van der Waals surface area (Å²) in [6.07, 6.45) is 1.24. The normalized spacial score (nSPS) is 11.6. The van der Waals surface area contributed by atoms with E-state index in [0.29, 0.717) is 30.1 Å². The number of hydrogen-bond acceptors (Lipinski definition) is 3. The number of para-hydroxylation sites is 1. The number of carbonyl (C=O) groups is 2. The van der Waals surface area contributed by atoms with E-state index in [4.69, 9.17) is 11.6 Å². The average molecular weight is 361 g/mol. The fourth-order valence-corrected chi connectivity index (χ4v) is 2.72. The Morgan fingerprint density at radius 1 is 0.960 bits per heavy atom. The van der Waals surface area contributed by atoms with Crippen molar-refractivity contribution in [2.45, 2.75) is 18.8 Å². The molecule has 5 nitrogen and oxygen atoms in total. The van der Waals surface area contributed by atoms with E-state index < -0.39 is 11.8 Å². The van der Waals surface area contributed by atoms with Crippen molar-refractivity contribution in [1.29, 1.82) is 0 Å². The number of halogens is 1. The molecular formula is C19H21ClN2O3. The zero-order valence-corrected chi connectivity index (χ0v) is 14.5. The molecule has 2 amide bonds. The number of carbonyl (C=O) groups excluding carboxylic acids is 2. The third-order valence-corrected chi connectivity index (χ3v) is 4.18. The molecule has 0 heterocycles. The van der Waals surface area contributed by atoms with Gasteiger partial charge in [0.2, 0.25) is 0 Å². The number of rotatable bonds is 7. The summed E-state index contributed by atoms with van der Waals surface area (Å²) in [6.45, 7) is 0.412. The smallest absolute Gasteiger partial charge is 0.313 e. The largest absolute Gasteiger partial charge is 0.396 e. The minimum Gasteiger partial charge on any atom is -0.396 e. The summed E-state index contributed by atoms with van der Waals surface area (Å²) < 4.78 is 0. The highest BCUT2D eigenvalue weighted by molar-refractivity contribution is 6.41. The van der Waals surface area contributed by atoms with Crippen molar-refractivity contribution in [3.8, 4) is 0 Å². The highest BCUT2D eigenvalue weighted by Crippen LogP contribution is 2.22. The molecule has 0 fully saturated rings. The van der Waals surface area contributed by atoms with Crippen LogP contribution < -0.4 is 10.6 Å². The molecule has 6 heteroatoms. The predicted molar refractivity (Wildman–Crippen MR) is 98.6 cm³/mol. The van der Waals surface area contributed by atoms with Crippen LogP contribution in [0.5, 0.6) is 0 Å². The van der Waals surface area contributed by atoms with E-state index in [-0.39, 0.29) is 12.5 Å². The molecule has 132 valence electrons. The van der Waals surface area contributed by atoms with Gasteiger partial charge in [-0.15, -0.1) is 0 Å². The maximum absolute atomic E-state index is 11.9. The highest BCUT2D eigenvalue weighted by Gasteiger charge is 2.16. The Labute approximate surface area is 152 Å². The summed E-state index contributed by atoms with van der Waals surface area (Å²) in [5.41, 5.74) is 1.50. The van der Waals surface area contributed by atoms with Gasteiger partial charge in [0.1, 0.15) is 0 Å². The van der Waals surface area contributed by atoms with Crippen LogP contribution in [-0.4, -0.2) is 30.1 Å². The molecular weight excluding hydrogens is 340 g/mol. The number of nitrogens with one attached hydrogen (secondary N) is 2. The Bertz CT molecular complexity index is 707. The molecule has 25 heavy (non-hydrogen) atoms. The molecule has 0 aliphatic heterocycles. The summed E-state index contributed by atoms with van der Waals surface area (Å²) in [7, 11) is 0. The monoisotopic (exact) mass is 360 g/mol. The van der Waals surface area contributed by atoms with Crippen LogP contribution in [0.15, 0.2) is 54.6 Å². The molecule has 0 saturated carbocycles. The number of hydrogen-bond donors (Lipinski definition) is 3. The van der Waals surface area contributed by atoms with Crippen LogP contribution in [0.3, 0.4) is 0 Å². The third-order valence-electron chi connectivity index (χ3n) is 3.86. The molecule has 1 unspecified atom stereocenters. The van der Waals surface area contributed by atoms with E-state index in [9.17, 15) is 14.7 Å². The second kappa shape index (κ2) is 9.81. The molecule has 0 saturated heterocycles. The van der Waals surface area contributed by atoms with Crippen LogP contribution in [0, 0.1) is 0 Å². The minimum atomic E-state index is -0.758. The average Bonchev–Trinajstić information content (AvgIpc) is 2.63. The van der Waals surface area contributed by atoms with Crippen molar-refractivity contribution in [2.75, 3.05) is 18.5 Å². The number of anilines is 1. The lowest BCUT2D eigenvalue weighted by Gasteiger charge is -2.16. The van der Waals surface area contributed by atoms with Gasteiger partial charge in [-0.25, -0.2) is 0 Å². The zero-order valence-electron chi connectivity index (χ0n) is 13.7. The Morgan fingerprint density at radius 3 is 2.32 bits per heavy atom. The fourth-order valence-electron chi connectivity index (χ4n) is 2.54. The summed E-state index contributed by atoms with van der Waals surface area (Å²) in [5.74, 6) is -1.35. The first-order valence-corrected chi connectivity index (χ1v) is 8.49. The second-order valence-corrected chi connectivity index (χ2v) is 6.01. The van der Waals surface area contributed by atoms with Gasteiger partial charge in [0.05, 0.1) is 10.7 Å². The topological polar surface area (TPSA) is 78.4 Å². The number of aliphatic hydroxyl groups is 1. The number of amides is 2. The first-order chi connectivity index (χ1) is 12.1. The first-order valence-electron chi connectivity index (χ1n) is 8.11. The van der Waals surface area contributed by atoms with Crippen molar-refractivity contribution >= 4 is 29.1 Å². The van der Waals surface area contributed by atoms with Crippen molar-refractivity contribution in [1.82, 2.24) is 5.32 Å². The van der Waals surface area contributed by atoms with Crippen LogP contribution >= 0.6 is 11.6 Å². The quantitative estimate of drug-likeness (QED) is 0.664. The van der Waals surface area contributed by atoms with Crippen molar-refractivity contribution in [3.05, 3.63) is 65.2 Å². The maximum atomic E-state index is 11.9. The zero-order chi connectivity index (χ0) is 18.1. The van der Waals surface area contributed by atoms with Gasteiger partial charge < -0.3 is 15.7 Å². The van der Waals surface area contributed by atoms with Crippen LogP contribution in [0.1, 0.15) is 24.3 Å². The van der Waals surface area contributed by atoms with Crippen LogP contribution in [-0.2, 0) is 9.59 Å². The number of benzene rings is 2. The van der Waals surface area contributed by atoms with E-state index in [1.165, 1.54) is 0 Å². The van der Waals surface area contributed by atoms with Crippen LogP contribution in [0.2, 0.25) is 5.02 Å². The fraction of sp³-hybridized carbons (Fsp3) is 0.263. The van der Waals surface area contributed by atoms with Gasteiger partial charge in [-0.1, -0.05) is 54.1 Å². The van der Waals surface area contributed by atoms with Gasteiger partial charge in [-0.3, -0.25) is 9.59 Å². The molecule has 1 atom stereocenters. The van der Waals surface area contributed by atoms with Crippen molar-refractivity contribution in [3.63, 3.8) is 0 Å². The van der Waals surface area contributed by atoms with E-state index in [2.05, 4.69) is 10.6 Å². The van der Waals surface area contributed by atoms with E-state index in [1.807, 2.05) is 30.3 Å². The summed E-state index contributed by atoms with van der Waals surface area (Å²) in [6, 6.07) is 16.5. The highest BCUT2D eigenvalue weighted by atomic mass is 35.5. The lowest BCUT2D eigenvalue weighted by atomic mass is 9.93. The lowest BCUT2D eigenvalue weighted by Crippen LogP contribution is -2.36. The SMILES string of the molecule is O=C(NCCC(CCO)c1ccccc1)C(=O)Nc1ccccc1Cl. The minimum absolute atomic E-state index is 0.0699. The Hall–Kier alpha value is -2.37. The molecule has 3 N–H and O–H groups in total. The molecule has 0 aromatic heterocycles. The molecule has 0 bridgehead atoms. The molecule has 0 aliphatic carbocycles. The van der Waals surface area contributed by atoms with Crippen molar-refractivity contribution < 1.29 is 14.7 Å². The molecule has 0 radical (unpaired) electrons. The summed E-state index contributed by atoms with van der Waals surface area (Å²) >= 11 is 5.95. The van der Waals surface area contributed by atoms with Gasteiger partial charge >= 0.3 is 11.8 Å².